The molecule has 0 radical (unpaired) electrons. The summed E-state index contributed by atoms with van der Waals surface area (Å²) in [6.07, 6.45) is 0. The molecule has 0 aliphatic rings. The highest BCUT2D eigenvalue weighted by molar-refractivity contribution is 7.99. The molecule has 0 atom stereocenters. The SMILES string of the molecule is COc1ccc(S(=O)(=O)Nc2ccccc2Sc2ccc(Cl)cc2)cc1OC. The van der Waals surface area contributed by atoms with Crippen LogP contribution in [-0.2, 0) is 10.0 Å². The second-order valence-electron chi connectivity index (χ2n) is 5.67. The molecule has 0 aliphatic carbocycles. The first-order valence-electron chi connectivity index (χ1n) is 8.20. The van der Waals surface area contributed by atoms with E-state index in [-0.39, 0.29) is 4.90 Å². The molecule has 0 saturated carbocycles. The zero-order valence-corrected chi connectivity index (χ0v) is 17.6. The monoisotopic (exact) mass is 435 g/mol. The van der Waals surface area contributed by atoms with Crippen molar-refractivity contribution in [3.05, 3.63) is 71.8 Å². The predicted molar refractivity (Wildman–Crippen MR) is 112 cm³/mol. The number of para-hydroxylation sites is 1. The van der Waals surface area contributed by atoms with E-state index in [1.807, 2.05) is 24.3 Å². The van der Waals surface area contributed by atoms with Gasteiger partial charge in [-0.15, -0.1) is 0 Å². The second-order valence-corrected chi connectivity index (χ2v) is 8.91. The Bertz CT molecular complexity index is 1070. The molecule has 0 amide bonds. The first-order chi connectivity index (χ1) is 13.4. The molecule has 5 nitrogen and oxygen atoms in total. The van der Waals surface area contributed by atoms with E-state index >= 15 is 0 Å². The quantitative estimate of drug-likeness (QED) is 0.544. The van der Waals surface area contributed by atoms with Gasteiger partial charge in [-0.25, -0.2) is 8.42 Å². The molecule has 0 saturated heterocycles. The van der Waals surface area contributed by atoms with E-state index in [0.29, 0.717) is 22.2 Å². The van der Waals surface area contributed by atoms with Gasteiger partial charge in [-0.3, -0.25) is 4.72 Å². The largest absolute Gasteiger partial charge is 0.493 e. The number of benzene rings is 3. The van der Waals surface area contributed by atoms with E-state index in [1.54, 1.807) is 30.3 Å². The van der Waals surface area contributed by atoms with E-state index in [0.717, 1.165) is 9.79 Å². The van der Waals surface area contributed by atoms with Crippen molar-refractivity contribution in [2.45, 2.75) is 14.7 Å². The van der Waals surface area contributed by atoms with Crippen LogP contribution in [0.3, 0.4) is 0 Å². The lowest BCUT2D eigenvalue weighted by Crippen LogP contribution is -2.13. The molecule has 28 heavy (non-hydrogen) atoms. The molecule has 0 aliphatic heterocycles. The van der Waals surface area contributed by atoms with Crippen molar-refractivity contribution in [1.82, 2.24) is 0 Å². The summed E-state index contributed by atoms with van der Waals surface area (Å²) >= 11 is 7.37. The first kappa shape index (κ1) is 20.4. The zero-order chi connectivity index (χ0) is 20.1. The number of nitrogens with one attached hydrogen (secondary N) is 1. The molecule has 1 N–H and O–H groups in total. The van der Waals surface area contributed by atoms with Gasteiger partial charge >= 0.3 is 0 Å². The summed E-state index contributed by atoms with van der Waals surface area (Å²) in [6.45, 7) is 0. The maximum absolute atomic E-state index is 12.9. The minimum absolute atomic E-state index is 0.0800. The molecule has 8 heteroatoms. The van der Waals surface area contributed by atoms with Crippen LogP contribution in [0.4, 0.5) is 5.69 Å². The summed E-state index contributed by atoms with van der Waals surface area (Å²) in [5, 5.41) is 0.645. The van der Waals surface area contributed by atoms with Gasteiger partial charge in [-0.2, -0.15) is 0 Å². The Balaban J connectivity index is 1.89. The van der Waals surface area contributed by atoms with Crippen LogP contribution in [0.2, 0.25) is 5.02 Å². The van der Waals surface area contributed by atoms with Gasteiger partial charge < -0.3 is 9.47 Å². The number of ether oxygens (including phenoxy) is 2. The average Bonchev–Trinajstić information content (AvgIpc) is 2.70. The van der Waals surface area contributed by atoms with Gasteiger partial charge in [0.2, 0.25) is 0 Å². The third-order valence-electron chi connectivity index (χ3n) is 3.84. The first-order valence-corrected chi connectivity index (χ1v) is 10.9. The number of methoxy groups -OCH3 is 2. The summed E-state index contributed by atoms with van der Waals surface area (Å²) in [4.78, 5) is 1.80. The van der Waals surface area contributed by atoms with Gasteiger partial charge in [0, 0.05) is 20.9 Å². The smallest absolute Gasteiger partial charge is 0.262 e. The van der Waals surface area contributed by atoms with Crippen molar-refractivity contribution in [3.63, 3.8) is 0 Å². The molecule has 3 aromatic rings. The van der Waals surface area contributed by atoms with Gasteiger partial charge in [0.05, 0.1) is 24.8 Å². The zero-order valence-electron chi connectivity index (χ0n) is 15.2. The lowest BCUT2D eigenvalue weighted by Gasteiger charge is -2.14. The maximum atomic E-state index is 12.9. The lowest BCUT2D eigenvalue weighted by molar-refractivity contribution is 0.354. The number of hydrogen-bond donors (Lipinski definition) is 1. The van der Waals surface area contributed by atoms with Crippen LogP contribution in [0, 0.1) is 0 Å². The van der Waals surface area contributed by atoms with Crippen LogP contribution in [0.25, 0.3) is 0 Å². The van der Waals surface area contributed by atoms with E-state index < -0.39 is 10.0 Å². The van der Waals surface area contributed by atoms with Crippen LogP contribution in [0.15, 0.2) is 81.4 Å². The normalized spacial score (nSPS) is 11.1. The molecule has 0 heterocycles. The molecular formula is C20H18ClNO4S2. The van der Waals surface area contributed by atoms with Gasteiger partial charge in [0.1, 0.15) is 0 Å². The number of sulfonamides is 1. The summed E-state index contributed by atoms with van der Waals surface area (Å²) in [5.74, 6) is 0.800. The Hall–Kier alpha value is -2.35. The minimum atomic E-state index is -3.81. The van der Waals surface area contributed by atoms with Gasteiger partial charge in [-0.05, 0) is 48.5 Å². The van der Waals surface area contributed by atoms with Crippen molar-refractivity contribution in [2.24, 2.45) is 0 Å². The van der Waals surface area contributed by atoms with E-state index in [4.69, 9.17) is 21.1 Å². The second kappa shape index (κ2) is 8.77. The van der Waals surface area contributed by atoms with Crippen molar-refractivity contribution < 1.29 is 17.9 Å². The maximum Gasteiger partial charge on any atom is 0.262 e. The van der Waals surface area contributed by atoms with Crippen LogP contribution < -0.4 is 14.2 Å². The molecule has 0 unspecified atom stereocenters. The number of rotatable bonds is 7. The molecular weight excluding hydrogens is 418 g/mol. The van der Waals surface area contributed by atoms with Crippen molar-refractivity contribution in [1.29, 1.82) is 0 Å². The molecule has 3 aromatic carbocycles. The summed E-state index contributed by atoms with van der Waals surface area (Å²) in [7, 11) is -0.860. The standard InChI is InChI=1S/C20H18ClNO4S2/c1-25-18-12-11-16(13-19(18)26-2)28(23,24)22-17-5-3-4-6-20(17)27-15-9-7-14(21)8-10-15/h3-13,22H,1-2H3. The van der Waals surface area contributed by atoms with Gasteiger partial charge in [-0.1, -0.05) is 35.5 Å². The van der Waals surface area contributed by atoms with Crippen molar-refractivity contribution in [2.75, 3.05) is 18.9 Å². The Morgan fingerprint density at radius 3 is 2.25 bits per heavy atom. The minimum Gasteiger partial charge on any atom is -0.493 e. The molecule has 0 spiro atoms. The highest BCUT2D eigenvalue weighted by atomic mass is 35.5. The van der Waals surface area contributed by atoms with E-state index in [1.165, 1.54) is 38.1 Å². The summed E-state index contributed by atoms with van der Waals surface area (Å²) in [6, 6.07) is 19.0. The molecule has 146 valence electrons. The van der Waals surface area contributed by atoms with E-state index in [2.05, 4.69) is 4.72 Å². The van der Waals surface area contributed by atoms with Gasteiger partial charge in [0.25, 0.3) is 10.0 Å². The average molecular weight is 436 g/mol. The third kappa shape index (κ3) is 4.73. The third-order valence-corrected chi connectivity index (χ3v) is 6.54. The van der Waals surface area contributed by atoms with Crippen molar-refractivity contribution >= 4 is 39.1 Å². The topological polar surface area (TPSA) is 64.6 Å². The highest BCUT2D eigenvalue weighted by Gasteiger charge is 2.19. The summed E-state index contributed by atoms with van der Waals surface area (Å²) in [5.41, 5.74) is 0.484. The Morgan fingerprint density at radius 1 is 0.893 bits per heavy atom. The highest BCUT2D eigenvalue weighted by Crippen LogP contribution is 2.36. The fraction of sp³-hybridized carbons (Fsp3) is 0.100. The molecule has 3 rings (SSSR count). The molecule has 0 fully saturated rings. The Morgan fingerprint density at radius 2 is 1.57 bits per heavy atom. The van der Waals surface area contributed by atoms with Crippen molar-refractivity contribution in [3.8, 4) is 11.5 Å². The lowest BCUT2D eigenvalue weighted by atomic mass is 10.3. The predicted octanol–water partition coefficient (Wildman–Crippen LogP) is 5.31. The van der Waals surface area contributed by atoms with Gasteiger partial charge in [0.15, 0.2) is 11.5 Å². The Kier molecular flexibility index (Phi) is 6.39. The Labute approximate surface area is 173 Å². The van der Waals surface area contributed by atoms with E-state index in [9.17, 15) is 8.42 Å². The molecule has 0 aromatic heterocycles. The fourth-order valence-electron chi connectivity index (χ4n) is 2.46. The van der Waals surface area contributed by atoms with Crippen LogP contribution in [0.5, 0.6) is 11.5 Å². The number of anilines is 1. The van der Waals surface area contributed by atoms with Crippen LogP contribution in [0.1, 0.15) is 0 Å². The summed E-state index contributed by atoms with van der Waals surface area (Å²) < 4.78 is 38.8. The number of halogens is 1. The van der Waals surface area contributed by atoms with Crippen LogP contribution in [-0.4, -0.2) is 22.6 Å². The number of hydrogen-bond acceptors (Lipinski definition) is 5. The van der Waals surface area contributed by atoms with Crippen LogP contribution >= 0.6 is 23.4 Å². The fourth-order valence-corrected chi connectivity index (χ4v) is 4.64. The molecule has 0 bridgehead atoms.